The van der Waals surface area contributed by atoms with E-state index in [0.29, 0.717) is 23.2 Å². The summed E-state index contributed by atoms with van der Waals surface area (Å²) in [5.41, 5.74) is 7.69. The zero-order valence-electron chi connectivity index (χ0n) is 20.4. The Morgan fingerprint density at radius 1 is 1.22 bits per heavy atom. The lowest BCUT2D eigenvalue weighted by atomic mass is 9.99. The van der Waals surface area contributed by atoms with Gasteiger partial charge in [0.2, 0.25) is 0 Å². The molecule has 2 N–H and O–H groups in total. The highest BCUT2D eigenvalue weighted by atomic mass is 32.1. The zero-order valence-corrected chi connectivity index (χ0v) is 21.2. The number of pyridine rings is 2. The van der Waals surface area contributed by atoms with Crippen LogP contribution in [0.5, 0.6) is 0 Å². The highest BCUT2D eigenvalue weighted by Crippen LogP contribution is 2.36. The molecule has 0 bridgehead atoms. The molecule has 3 aliphatic heterocycles. The van der Waals surface area contributed by atoms with Crippen molar-refractivity contribution in [2.24, 2.45) is 0 Å². The summed E-state index contributed by atoms with van der Waals surface area (Å²) in [6.45, 7) is 4.71. The van der Waals surface area contributed by atoms with Crippen molar-refractivity contribution < 1.29 is 9.13 Å². The number of thiocarbonyl (C=S) groups is 1. The number of likely N-dealkylation sites (N-methyl/N-ethyl adjacent to an activating group) is 1. The second kappa shape index (κ2) is 8.76. The summed E-state index contributed by atoms with van der Waals surface area (Å²) in [6, 6.07) is 11.5. The second-order valence-corrected chi connectivity index (χ2v) is 10.2. The number of anilines is 3. The van der Waals surface area contributed by atoms with Gasteiger partial charge in [-0.15, -0.1) is 0 Å². The molecule has 0 radical (unpaired) electrons. The van der Waals surface area contributed by atoms with Crippen LogP contribution in [0.3, 0.4) is 0 Å². The zero-order chi connectivity index (χ0) is 25.1. The lowest BCUT2D eigenvalue weighted by Gasteiger charge is -2.37. The van der Waals surface area contributed by atoms with E-state index in [1.165, 1.54) is 17.8 Å². The van der Waals surface area contributed by atoms with E-state index in [2.05, 4.69) is 44.6 Å². The van der Waals surface area contributed by atoms with Crippen LogP contribution in [0.2, 0.25) is 0 Å². The van der Waals surface area contributed by atoms with Crippen molar-refractivity contribution in [1.29, 1.82) is 0 Å². The van der Waals surface area contributed by atoms with Gasteiger partial charge >= 0.3 is 0 Å². The third-order valence-corrected chi connectivity index (χ3v) is 7.76. The molecule has 1 saturated heterocycles. The largest absolute Gasteiger partial charge is 0.377 e. The lowest BCUT2D eigenvalue weighted by molar-refractivity contribution is 0.0844. The maximum Gasteiger partial charge on any atom is 0.140 e. The highest BCUT2D eigenvalue weighted by Gasteiger charge is 2.30. The van der Waals surface area contributed by atoms with Crippen LogP contribution in [-0.2, 0) is 17.8 Å². The number of aromatic nitrogens is 3. The Kier molecular flexibility index (Phi) is 5.35. The van der Waals surface area contributed by atoms with Gasteiger partial charge in [0, 0.05) is 49.6 Å². The molecule has 37 heavy (non-hydrogen) atoms. The molecule has 8 nitrogen and oxygen atoms in total. The highest BCUT2D eigenvalue weighted by molar-refractivity contribution is 7.80. The first-order valence-electron chi connectivity index (χ1n) is 12.4. The van der Waals surface area contributed by atoms with Gasteiger partial charge in [0.25, 0.3) is 0 Å². The Morgan fingerprint density at radius 2 is 2.14 bits per heavy atom. The number of halogens is 1. The monoisotopic (exact) mass is 515 g/mol. The molecule has 7 rings (SSSR count). The maximum absolute atomic E-state index is 13.7. The average molecular weight is 516 g/mol. The summed E-state index contributed by atoms with van der Waals surface area (Å²) >= 11 is 5.71. The molecule has 4 aromatic rings. The quantitative estimate of drug-likeness (QED) is 0.401. The Labute approximate surface area is 219 Å². The fraction of sp³-hybridized carbons (Fsp3) is 0.296. The van der Waals surface area contributed by atoms with E-state index >= 15 is 0 Å². The number of imidazole rings is 1. The van der Waals surface area contributed by atoms with Crippen molar-refractivity contribution >= 4 is 40.0 Å². The van der Waals surface area contributed by atoms with Crippen LogP contribution in [0.15, 0.2) is 48.8 Å². The number of nitrogens with zero attached hydrogens (tertiary/aromatic N) is 5. The molecule has 10 heteroatoms. The van der Waals surface area contributed by atoms with Crippen LogP contribution in [-0.4, -0.2) is 63.6 Å². The molecule has 1 aromatic carbocycles. The Bertz CT molecular complexity index is 1550. The van der Waals surface area contributed by atoms with Crippen molar-refractivity contribution in [2.45, 2.75) is 19.1 Å². The van der Waals surface area contributed by atoms with Crippen molar-refractivity contribution in [1.82, 2.24) is 24.6 Å². The first-order chi connectivity index (χ1) is 18.0. The number of hydrogen-bond donors (Lipinski definition) is 2. The number of fused-ring (bicyclic) bond motifs is 5. The van der Waals surface area contributed by atoms with Crippen molar-refractivity contribution in [3.05, 3.63) is 71.4 Å². The van der Waals surface area contributed by atoms with E-state index < -0.39 is 0 Å². The molecule has 0 aliphatic carbocycles. The summed E-state index contributed by atoms with van der Waals surface area (Å²) in [4.78, 5) is 14.9. The van der Waals surface area contributed by atoms with E-state index in [-0.39, 0.29) is 5.82 Å². The van der Waals surface area contributed by atoms with Gasteiger partial charge in [0.1, 0.15) is 22.3 Å². The molecule has 0 amide bonds. The molecular weight excluding hydrogens is 489 g/mol. The summed E-state index contributed by atoms with van der Waals surface area (Å²) in [7, 11) is 2.13. The van der Waals surface area contributed by atoms with Gasteiger partial charge in [-0.2, -0.15) is 0 Å². The molecule has 6 heterocycles. The summed E-state index contributed by atoms with van der Waals surface area (Å²) in [5, 5.41) is 6.86. The number of rotatable bonds is 3. The first-order valence-corrected chi connectivity index (χ1v) is 12.8. The fourth-order valence-corrected chi connectivity index (χ4v) is 6.04. The molecular formula is C27H26FN7OS. The number of morpholine rings is 1. The van der Waals surface area contributed by atoms with Crippen LogP contribution in [0.1, 0.15) is 16.8 Å². The van der Waals surface area contributed by atoms with Crippen LogP contribution in [0, 0.1) is 5.82 Å². The number of ether oxygens (including phenoxy) is 1. The van der Waals surface area contributed by atoms with E-state index in [1.54, 1.807) is 12.4 Å². The number of hydrogen-bond acceptors (Lipinski definition) is 7. The average Bonchev–Trinajstić information content (AvgIpc) is 3.45. The van der Waals surface area contributed by atoms with E-state index in [9.17, 15) is 4.39 Å². The summed E-state index contributed by atoms with van der Waals surface area (Å²) < 4.78 is 21.3. The van der Waals surface area contributed by atoms with Crippen LogP contribution >= 0.6 is 12.2 Å². The van der Waals surface area contributed by atoms with Crippen LogP contribution < -0.4 is 15.5 Å². The third-order valence-electron chi connectivity index (χ3n) is 7.41. The van der Waals surface area contributed by atoms with Gasteiger partial charge < -0.3 is 20.3 Å². The molecule has 3 aromatic heterocycles. The SMILES string of the molecule is CN1Cc2nc(Nc3ccc(-c4cnc5cc(F)ccn45)c4c3C(=S)NC4)ccc2N2CCOC[C@H]2C1. The Hall–Kier alpha value is -3.60. The molecule has 3 aliphatic rings. The summed E-state index contributed by atoms with van der Waals surface area (Å²) in [6.07, 6.45) is 3.49. The lowest BCUT2D eigenvalue weighted by Crippen LogP contribution is -2.49. The van der Waals surface area contributed by atoms with Gasteiger partial charge in [0.05, 0.1) is 48.2 Å². The van der Waals surface area contributed by atoms with E-state index in [4.69, 9.17) is 21.9 Å². The molecule has 1 fully saturated rings. The predicted molar refractivity (Wildman–Crippen MR) is 145 cm³/mol. The van der Waals surface area contributed by atoms with Gasteiger partial charge in [0.15, 0.2) is 0 Å². The predicted octanol–water partition coefficient (Wildman–Crippen LogP) is 3.71. The normalized spacial score (nSPS) is 19.2. The third kappa shape index (κ3) is 3.83. The minimum Gasteiger partial charge on any atom is -0.377 e. The Balaban J connectivity index is 1.26. The molecule has 188 valence electrons. The molecule has 0 saturated carbocycles. The maximum atomic E-state index is 13.7. The molecule has 1 atom stereocenters. The minimum absolute atomic E-state index is 0.305. The van der Waals surface area contributed by atoms with Crippen molar-refractivity contribution in [2.75, 3.05) is 43.6 Å². The van der Waals surface area contributed by atoms with E-state index in [0.717, 1.165) is 72.4 Å². The second-order valence-electron chi connectivity index (χ2n) is 9.82. The van der Waals surface area contributed by atoms with Gasteiger partial charge in [-0.05, 0) is 36.9 Å². The first kappa shape index (κ1) is 22.6. The van der Waals surface area contributed by atoms with Crippen molar-refractivity contribution in [3.8, 4) is 11.3 Å². The van der Waals surface area contributed by atoms with Gasteiger partial charge in [-0.1, -0.05) is 18.3 Å². The fourth-order valence-electron chi connectivity index (χ4n) is 5.73. The van der Waals surface area contributed by atoms with Gasteiger partial charge in [-0.25, -0.2) is 14.4 Å². The van der Waals surface area contributed by atoms with Crippen LogP contribution in [0.25, 0.3) is 16.9 Å². The number of benzene rings is 1. The number of nitrogens with one attached hydrogen (secondary N) is 2. The molecule has 0 unspecified atom stereocenters. The topological polar surface area (TPSA) is 70.0 Å². The summed E-state index contributed by atoms with van der Waals surface area (Å²) in [5.74, 6) is 0.481. The smallest absolute Gasteiger partial charge is 0.140 e. The molecule has 0 spiro atoms. The van der Waals surface area contributed by atoms with Crippen LogP contribution in [0.4, 0.5) is 21.6 Å². The standard InChI is InChI=1S/C27H26FN7OS/c1-33-13-17-15-36-9-8-34(17)22-4-5-24(32-21(22)14-33)31-20-3-2-18(19-11-30-27(37)26(19)20)23-12-29-25-10-16(28)6-7-35(23)25/h2-7,10,12,17H,8-9,11,13-15H2,1H3,(H,30,37)(H,31,32)/t17-/m1/s1. The Morgan fingerprint density at radius 3 is 3.05 bits per heavy atom. The van der Waals surface area contributed by atoms with Crippen molar-refractivity contribution in [3.63, 3.8) is 0 Å². The van der Waals surface area contributed by atoms with Gasteiger partial charge in [-0.3, -0.25) is 9.30 Å². The van der Waals surface area contributed by atoms with E-state index in [1.807, 2.05) is 16.5 Å². The minimum atomic E-state index is -0.305.